The summed E-state index contributed by atoms with van der Waals surface area (Å²) in [6.07, 6.45) is 1.30. The number of hydrogen-bond donors (Lipinski definition) is 1. The van der Waals surface area contributed by atoms with Crippen LogP contribution in [0.2, 0.25) is 0 Å². The molecule has 3 aromatic rings. The molecule has 0 spiro atoms. The van der Waals surface area contributed by atoms with Gasteiger partial charge in [0.15, 0.2) is 0 Å². The highest BCUT2D eigenvalue weighted by Crippen LogP contribution is 2.39. The monoisotopic (exact) mass is 379 g/mol. The van der Waals surface area contributed by atoms with Crippen LogP contribution in [0.25, 0.3) is 11.1 Å². The van der Waals surface area contributed by atoms with E-state index in [2.05, 4.69) is 10.5 Å². The summed E-state index contributed by atoms with van der Waals surface area (Å²) in [5.74, 6) is 0.381. The lowest BCUT2D eigenvalue weighted by Gasteiger charge is -2.38. The zero-order valence-corrected chi connectivity index (χ0v) is 15.0. The van der Waals surface area contributed by atoms with E-state index in [4.69, 9.17) is 9.26 Å². The van der Waals surface area contributed by atoms with E-state index in [1.807, 2.05) is 18.2 Å². The molecule has 2 aliphatic rings. The summed E-state index contributed by atoms with van der Waals surface area (Å²) in [5, 5.41) is 6.88. The molecular formula is C21H18FN3O3. The Morgan fingerprint density at radius 1 is 1.18 bits per heavy atom. The third kappa shape index (κ3) is 2.84. The van der Waals surface area contributed by atoms with Crippen LogP contribution in [0.4, 0.5) is 4.39 Å². The van der Waals surface area contributed by atoms with Crippen molar-refractivity contribution in [3.05, 3.63) is 71.4 Å². The number of carbonyl (C=O) groups is 1. The molecule has 2 aromatic carbocycles. The maximum absolute atomic E-state index is 14.5. The fourth-order valence-corrected chi connectivity index (χ4v) is 3.76. The van der Waals surface area contributed by atoms with Crippen molar-refractivity contribution in [3.63, 3.8) is 0 Å². The first-order valence-electron chi connectivity index (χ1n) is 9.17. The number of aromatic nitrogens is 1. The van der Waals surface area contributed by atoms with E-state index in [9.17, 15) is 9.18 Å². The molecule has 0 aliphatic carbocycles. The SMILES string of the molecule is O=C(c1ccno1)N1CC(Oc2ccc3c(c2-c2ccccc2F)CNC3)C1. The van der Waals surface area contributed by atoms with Crippen molar-refractivity contribution < 1.29 is 18.4 Å². The van der Waals surface area contributed by atoms with Gasteiger partial charge in [0.2, 0.25) is 5.76 Å². The number of ether oxygens (including phenoxy) is 1. The van der Waals surface area contributed by atoms with Gasteiger partial charge in [0.1, 0.15) is 17.7 Å². The number of amides is 1. The second kappa shape index (κ2) is 6.76. The van der Waals surface area contributed by atoms with Crippen LogP contribution >= 0.6 is 0 Å². The molecule has 0 radical (unpaired) electrons. The Morgan fingerprint density at radius 2 is 2.04 bits per heavy atom. The second-order valence-corrected chi connectivity index (χ2v) is 6.99. The van der Waals surface area contributed by atoms with Crippen molar-refractivity contribution in [1.29, 1.82) is 0 Å². The molecule has 142 valence electrons. The zero-order valence-electron chi connectivity index (χ0n) is 15.0. The van der Waals surface area contributed by atoms with Crippen molar-refractivity contribution in [2.75, 3.05) is 13.1 Å². The lowest BCUT2D eigenvalue weighted by molar-refractivity contribution is 0.0151. The third-order valence-corrected chi connectivity index (χ3v) is 5.21. The molecule has 1 fully saturated rings. The minimum atomic E-state index is -0.275. The average Bonchev–Trinajstić information content (AvgIpc) is 3.36. The summed E-state index contributed by atoms with van der Waals surface area (Å²) in [6, 6.07) is 12.2. The van der Waals surface area contributed by atoms with Gasteiger partial charge >= 0.3 is 0 Å². The molecule has 0 unspecified atom stereocenters. The molecule has 3 heterocycles. The van der Waals surface area contributed by atoms with Crippen LogP contribution in [-0.2, 0) is 13.1 Å². The number of rotatable bonds is 4. The van der Waals surface area contributed by atoms with Gasteiger partial charge < -0.3 is 19.5 Å². The van der Waals surface area contributed by atoms with Gasteiger partial charge in [-0.2, -0.15) is 0 Å². The second-order valence-electron chi connectivity index (χ2n) is 6.99. The van der Waals surface area contributed by atoms with Gasteiger partial charge in [-0.1, -0.05) is 29.4 Å². The van der Waals surface area contributed by atoms with E-state index in [0.29, 0.717) is 30.9 Å². The highest BCUT2D eigenvalue weighted by atomic mass is 19.1. The predicted molar refractivity (Wildman–Crippen MR) is 99.2 cm³/mol. The molecule has 2 aliphatic heterocycles. The Balaban J connectivity index is 1.40. The number of carbonyl (C=O) groups excluding carboxylic acids is 1. The predicted octanol–water partition coefficient (Wildman–Crippen LogP) is 2.99. The number of benzene rings is 2. The van der Waals surface area contributed by atoms with Crippen LogP contribution in [0.15, 0.2) is 53.2 Å². The fourth-order valence-electron chi connectivity index (χ4n) is 3.76. The van der Waals surface area contributed by atoms with Crippen LogP contribution in [-0.4, -0.2) is 35.2 Å². The molecule has 7 heteroatoms. The Labute approximate surface area is 160 Å². The first-order chi connectivity index (χ1) is 13.7. The fraction of sp³-hybridized carbons (Fsp3) is 0.238. The van der Waals surface area contributed by atoms with Gasteiger partial charge in [-0.25, -0.2) is 4.39 Å². The molecular weight excluding hydrogens is 361 g/mol. The number of nitrogens with zero attached hydrogens (tertiary/aromatic N) is 2. The first-order valence-corrected chi connectivity index (χ1v) is 9.17. The first kappa shape index (κ1) is 16.9. The number of hydrogen-bond acceptors (Lipinski definition) is 5. The van der Waals surface area contributed by atoms with E-state index in [0.717, 1.165) is 23.2 Å². The molecule has 1 amide bonds. The molecule has 28 heavy (non-hydrogen) atoms. The number of likely N-dealkylation sites (tertiary alicyclic amines) is 1. The van der Waals surface area contributed by atoms with Crippen LogP contribution < -0.4 is 10.1 Å². The van der Waals surface area contributed by atoms with Crippen molar-refractivity contribution in [2.45, 2.75) is 19.2 Å². The van der Waals surface area contributed by atoms with E-state index < -0.39 is 0 Å². The third-order valence-electron chi connectivity index (χ3n) is 5.21. The summed E-state index contributed by atoms with van der Waals surface area (Å²) in [5.41, 5.74) is 3.55. The minimum absolute atomic E-state index is 0.148. The van der Waals surface area contributed by atoms with E-state index in [-0.39, 0.29) is 23.6 Å². The highest BCUT2D eigenvalue weighted by molar-refractivity contribution is 5.91. The Kier molecular flexibility index (Phi) is 4.09. The summed E-state index contributed by atoms with van der Waals surface area (Å²) in [4.78, 5) is 13.9. The smallest absolute Gasteiger partial charge is 0.292 e. The van der Waals surface area contributed by atoms with Crippen LogP contribution in [0.1, 0.15) is 21.7 Å². The Bertz CT molecular complexity index is 1030. The van der Waals surface area contributed by atoms with Crippen molar-refractivity contribution in [3.8, 4) is 16.9 Å². The molecule has 0 saturated carbocycles. The lowest BCUT2D eigenvalue weighted by Crippen LogP contribution is -2.56. The van der Waals surface area contributed by atoms with Crippen LogP contribution in [0.5, 0.6) is 5.75 Å². The molecule has 5 rings (SSSR count). The summed E-state index contributed by atoms with van der Waals surface area (Å²) in [7, 11) is 0. The van der Waals surface area contributed by atoms with Gasteiger partial charge in [0.05, 0.1) is 19.3 Å². The molecule has 6 nitrogen and oxygen atoms in total. The largest absolute Gasteiger partial charge is 0.486 e. The van der Waals surface area contributed by atoms with E-state index in [1.54, 1.807) is 23.1 Å². The molecule has 0 bridgehead atoms. The zero-order chi connectivity index (χ0) is 19.1. The maximum Gasteiger partial charge on any atom is 0.292 e. The van der Waals surface area contributed by atoms with Gasteiger partial charge in [-0.05, 0) is 23.3 Å². The number of fused-ring (bicyclic) bond motifs is 1. The highest BCUT2D eigenvalue weighted by Gasteiger charge is 2.35. The van der Waals surface area contributed by atoms with Crippen LogP contribution in [0.3, 0.4) is 0 Å². The van der Waals surface area contributed by atoms with Gasteiger partial charge in [0.25, 0.3) is 5.91 Å². The molecule has 1 aromatic heterocycles. The summed E-state index contributed by atoms with van der Waals surface area (Å²) < 4.78 is 25.6. The molecule has 0 atom stereocenters. The van der Waals surface area contributed by atoms with E-state index >= 15 is 0 Å². The van der Waals surface area contributed by atoms with Gasteiger partial charge in [-0.15, -0.1) is 0 Å². The lowest BCUT2D eigenvalue weighted by atomic mass is 9.95. The normalized spacial score (nSPS) is 16.0. The molecule has 1 N–H and O–H groups in total. The van der Waals surface area contributed by atoms with Crippen molar-refractivity contribution >= 4 is 5.91 Å². The quantitative estimate of drug-likeness (QED) is 0.755. The topological polar surface area (TPSA) is 67.6 Å². The maximum atomic E-state index is 14.5. The van der Waals surface area contributed by atoms with Crippen LogP contribution in [0, 0.1) is 5.82 Å². The summed E-state index contributed by atoms with van der Waals surface area (Å²) in [6.45, 7) is 2.34. The minimum Gasteiger partial charge on any atom is -0.486 e. The van der Waals surface area contributed by atoms with Crippen molar-refractivity contribution in [1.82, 2.24) is 15.4 Å². The molecule has 1 saturated heterocycles. The van der Waals surface area contributed by atoms with Gasteiger partial charge in [0, 0.05) is 30.3 Å². The standard InChI is InChI=1S/C21H18FN3O3/c22-17-4-2-1-3-15(17)20-16-10-23-9-13(16)5-6-18(20)27-14-11-25(12-14)21(26)19-7-8-24-28-19/h1-8,14,23H,9-12H2. The van der Waals surface area contributed by atoms with Gasteiger partial charge in [-0.3, -0.25) is 4.79 Å². The average molecular weight is 379 g/mol. The Morgan fingerprint density at radius 3 is 2.82 bits per heavy atom. The number of nitrogens with one attached hydrogen (secondary N) is 1. The Hall–Kier alpha value is -3.19. The van der Waals surface area contributed by atoms with Crippen molar-refractivity contribution in [2.24, 2.45) is 0 Å². The van der Waals surface area contributed by atoms with E-state index in [1.165, 1.54) is 12.3 Å². The number of halogens is 1. The summed E-state index contributed by atoms with van der Waals surface area (Å²) >= 11 is 0.